The van der Waals surface area contributed by atoms with E-state index < -0.39 is 11.9 Å². The molecule has 0 spiro atoms. The molecule has 0 aliphatic carbocycles. The van der Waals surface area contributed by atoms with Gasteiger partial charge in [-0.1, -0.05) is 42.5 Å². The summed E-state index contributed by atoms with van der Waals surface area (Å²) in [6, 6.07) is 16.0. The predicted octanol–water partition coefficient (Wildman–Crippen LogP) is -0.559. The SMILES string of the molecule is O=C1CC([NH+]2CC[NH+](Cc3ccccc3)CC2)C(=O)N1c1ccccc1F. The number of rotatable bonds is 4. The first-order chi connectivity index (χ1) is 13.1. The van der Waals surface area contributed by atoms with Crippen LogP contribution in [-0.4, -0.2) is 44.0 Å². The number of carbonyl (C=O) groups excluding carboxylic acids is 2. The smallest absolute Gasteiger partial charge is 0.292 e. The van der Waals surface area contributed by atoms with E-state index in [2.05, 4.69) is 24.3 Å². The van der Waals surface area contributed by atoms with Crippen molar-refractivity contribution in [3.8, 4) is 0 Å². The van der Waals surface area contributed by atoms with Crippen LogP contribution in [0, 0.1) is 5.82 Å². The number of halogens is 1. The molecule has 5 nitrogen and oxygen atoms in total. The summed E-state index contributed by atoms with van der Waals surface area (Å²) in [5.41, 5.74) is 1.39. The number of piperazine rings is 1. The maximum absolute atomic E-state index is 14.1. The van der Waals surface area contributed by atoms with E-state index in [1.54, 1.807) is 12.1 Å². The van der Waals surface area contributed by atoms with E-state index in [4.69, 9.17) is 0 Å². The molecule has 2 fully saturated rings. The molecular formula is C21H24FN3O2+2. The maximum atomic E-state index is 14.1. The van der Waals surface area contributed by atoms with Crippen molar-refractivity contribution >= 4 is 17.5 Å². The summed E-state index contributed by atoms with van der Waals surface area (Å²) in [6.07, 6.45) is 0.163. The lowest BCUT2D eigenvalue weighted by molar-refractivity contribution is -1.02. The van der Waals surface area contributed by atoms with Gasteiger partial charge in [-0.15, -0.1) is 0 Å². The lowest BCUT2D eigenvalue weighted by Gasteiger charge is -2.32. The Kier molecular flexibility index (Phi) is 5.01. The van der Waals surface area contributed by atoms with Crippen LogP contribution in [0.1, 0.15) is 12.0 Å². The molecule has 2 aromatic carbocycles. The molecule has 2 saturated heterocycles. The Labute approximate surface area is 158 Å². The average molecular weight is 369 g/mol. The van der Waals surface area contributed by atoms with Crippen LogP contribution in [0.25, 0.3) is 0 Å². The Morgan fingerprint density at radius 3 is 2.30 bits per heavy atom. The van der Waals surface area contributed by atoms with E-state index in [1.165, 1.54) is 22.6 Å². The summed E-state index contributed by atoms with van der Waals surface area (Å²) in [6.45, 7) is 4.59. The second-order valence-corrected chi connectivity index (χ2v) is 7.35. The number of nitrogens with one attached hydrogen (secondary N) is 2. The van der Waals surface area contributed by atoms with Gasteiger partial charge in [0.15, 0.2) is 6.04 Å². The number of benzene rings is 2. The molecule has 0 aromatic heterocycles. The summed E-state index contributed by atoms with van der Waals surface area (Å²) >= 11 is 0. The normalized spacial score (nSPS) is 25.8. The number of anilines is 1. The van der Waals surface area contributed by atoms with Gasteiger partial charge in [0.2, 0.25) is 5.91 Å². The Morgan fingerprint density at radius 2 is 1.59 bits per heavy atom. The third-order valence-corrected chi connectivity index (χ3v) is 5.63. The standard InChI is InChI=1S/C21H22FN3O2/c22-17-8-4-5-9-18(17)25-20(26)14-19(21(25)27)24-12-10-23(11-13-24)15-16-6-2-1-3-7-16/h1-9,19H,10-15H2/p+2. The van der Waals surface area contributed by atoms with Gasteiger partial charge in [-0.05, 0) is 12.1 Å². The minimum absolute atomic E-state index is 0.0720. The van der Waals surface area contributed by atoms with Gasteiger partial charge in [-0.25, -0.2) is 9.29 Å². The zero-order valence-corrected chi connectivity index (χ0v) is 15.2. The molecule has 2 heterocycles. The van der Waals surface area contributed by atoms with Crippen LogP contribution in [-0.2, 0) is 16.1 Å². The number of quaternary nitrogens is 2. The first-order valence-electron chi connectivity index (χ1n) is 9.47. The number of imide groups is 1. The number of para-hydroxylation sites is 1. The van der Waals surface area contributed by atoms with E-state index in [0.717, 1.165) is 42.5 Å². The molecule has 2 aliphatic rings. The summed E-state index contributed by atoms with van der Waals surface area (Å²) in [5, 5.41) is 0. The first kappa shape index (κ1) is 17.8. The molecule has 1 atom stereocenters. The fourth-order valence-electron chi connectivity index (χ4n) is 4.17. The molecule has 2 amide bonds. The van der Waals surface area contributed by atoms with E-state index in [-0.39, 0.29) is 23.9 Å². The number of hydrogen-bond acceptors (Lipinski definition) is 2. The highest BCUT2D eigenvalue weighted by Crippen LogP contribution is 2.24. The lowest BCUT2D eigenvalue weighted by Crippen LogP contribution is -3.29. The Balaban J connectivity index is 1.40. The van der Waals surface area contributed by atoms with Crippen molar-refractivity contribution in [2.45, 2.75) is 19.0 Å². The van der Waals surface area contributed by atoms with Crippen molar-refractivity contribution in [3.63, 3.8) is 0 Å². The quantitative estimate of drug-likeness (QED) is 0.710. The highest BCUT2D eigenvalue weighted by molar-refractivity contribution is 6.21. The highest BCUT2D eigenvalue weighted by Gasteiger charge is 2.47. The minimum atomic E-state index is -0.535. The monoisotopic (exact) mass is 369 g/mol. The molecule has 140 valence electrons. The third-order valence-electron chi connectivity index (χ3n) is 5.63. The van der Waals surface area contributed by atoms with Crippen molar-refractivity contribution in [1.82, 2.24) is 0 Å². The van der Waals surface area contributed by atoms with Crippen LogP contribution in [0.5, 0.6) is 0 Å². The van der Waals surface area contributed by atoms with Crippen LogP contribution < -0.4 is 14.7 Å². The maximum Gasteiger partial charge on any atom is 0.292 e. The van der Waals surface area contributed by atoms with E-state index in [0.29, 0.717) is 0 Å². The highest BCUT2D eigenvalue weighted by atomic mass is 19.1. The largest absolute Gasteiger partial charge is 0.322 e. The molecule has 2 aromatic rings. The van der Waals surface area contributed by atoms with Crippen molar-refractivity contribution in [1.29, 1.82) is 0 Å². The molecule has 2 aliphatic heterocycles. The van der Waals surface area contributed by atoms with Crippen molar-refractivity contribution in [3.05, 3.63) is 66.0 Å². The van der Waals surface area contributed by atoms with Gasteiger partial charge in [-0.2, -0.15) is 0 Å². The third kappa shape index (κ3) is 3.63. The zero-order chi connectivity index (χ0) is 18.8. The van der Waals surface area contributed by atoms with Crippen molar-refractivity contribution < 1.29 is 23.8 Å². The molecule has 0 saturated carbocycles. The summed E-state index contributed by atoms with van der Waals surface area (Å²) in [7, 11) is 0. The van der Waals surface area contributed by atoms with Crippen LogP contribution in [0.2, 0.25) is 0 Å². The minimum Gasteiger partial charge on any atom is -0.322 e. The Hall–Kier alpha value is -2.57. The van der Waals surface area contributed by atoms with Crippen molar-refractivity contribution in [2.24, 2.45) is 0 Å². The molecule has 0 radical (unpaired) electrons. The zero-order valence-electron chi connectivity index (χ0n) is 15.2. The molecular weight excluding hydrogens is 345 g/mol. The van der Waals surface area contributed by atoms with Crippen LogP contribution in [0.4, 0.5) is 10.1 Å². The van der Waals surface area contributed by atoms with Gasteiger partial charge < -0.3 is 9.80 Å². The second kappa shape index (κ2) is 7.58. The summed E-state index contributed by atoms with van der Waals surface area (Å²) in [4.78, 5) is 28.9. The molecule has 0 bridgehead atoms. The van der Waals surface area contributed by atoms with Gasteiger partial charge in [0, 0.05) is 5.56 Å². The fourth-order valence-corrected chi connectivity index (χ4v) is 4.17. The molecule has 6 heteroatoms. The van der Waals surface area contributed by atoms with Crippen molar-refractivity contribution in [2.75, 3.05) is 31.1 Å². The first-order valence-corrected chi connectivity index (χ1v) is 9.47. The number of nitrogens with zero attached hydrogens (tertiary/aromatic N) is 1. The van der Waals surface area contributed by atoms with Gasteiger partial charge in [0.25, 0.3) is 5.91 Å². The Bertz CT molecular complexity index is 834. The molecule has 1 unspecified atom stereocenters. The van der Waals surface area contributed by atoms with Crippen LogP contribution in [0.3, 0.4) is 0 Å². The topological polar surface area (TPSA) is 46.3 Å². The lowest BCUT2D eigenvalue weighted by atomic mass is 10.1. The average Bonchev–Trinajstić information content (AvgIpc) is 2.98. The molecule has 2 N–H and O–H groups in total. The van der Waals surface area contributed by atoms with Crippen LogP contribution in [0.15, 0.2) is 54.6 Å². The van der Waals surface area contributed by atoms with Gasteiger partial charge in [0.05, 0.1) is 12.1 Å². The number of carbonyl (C=O) groups is 2. The van der Waals surface area contributed by atoms with E-state index >= 15 is 0 Å². The Morgan fingerprint density at radius 1 is 0.926 bits per heavy atom. The fraction of sp³-hybridized carbons (Fsp3) is 0.333. The summed E-state index contributed by atoms with van der Waals surface area (Å²) < 4.78 is 14.1. The number of hydrogen-bond donors (Lipinski definition) is 2. The van der Waals surface area contributed by atoms with E-state index in [9.17, 15) is 14.0 Å². The van der Waals surface area contributed by atoms with Crippen LogP contribution >= 0.6 is 0 Å². The van der Waals surface area contributed by atoms with E-state index in [1.807, 2.05) is 6.07 Å². The summed E-state index contributed by atoms with van der Waals surface area (Å²) in [5.74, 6) is -1.11. The predicted molar refractivity (Wildman–Crippen MR) is 98.8 cm³/mol. The molecule has 4 rings (SSSR count). The van der Waals surface area contributed by atoms with Gasteiger partial charge in [0.1, 0.15) is 38.5 Å². The molecule has 27 heavy (non-hydrogen) atoms. The number of amides is 2. The second-order valence-electron chi connectivity index (χ2n) is 7.35. The van der Waals surface area contributed by atoms with Gasteiger partial charge in [-0.3, -0.25) is 9.59 Å². The van der Waals surface area contributed by atoms with Gasteiger partial charge >= 0.3 is 0 Å².